The van der Waals surface area contributed by atoms with Crippen molar-refractivity contribution in [1.82, 2.24) is 0 Å². The van der Waals surface area contributed by atoms with Crippen molar-refractivity contribution >= 4 is 17.6 Å². The minimum atomic E-state index is -1.41. The maximum absolute atomic E-state index is 13.7. The molecular formula is C13H6ClF3O2. The fourth-order valence-electron chi connectivity index (χ4n) is 1.63. The van der Waals surface area contributed by atoms with Crippen LogP contribution in [0.1, 0.15) is 10.4 Å². The second-order valence-electron chi connectivity index (χ2n) is 3.78. The normalized spacial score (nSPS) is 10.5. The van der Waals surface area contributed by atoms with Gasteiger partial charge in [-0.15, -0.1) is 0 Å². The first-order valence-electron chi connectivity index (χ1n) is 5.07. The number of carboxylic acid groups (broad SMARTS) is 1. The highest BCUT2D eigenvalue weighted by molar-refractivity contribution is 6.30. The monoisotopic (exact) mass is 286 g/mol. The van der Waals surface area contributed by atoms with Crippen LogP contribution in [0.15, 0.2) is 30.3 Å². The van der Waals surface area contributed by atoms with Gasteiger partial charge in [0.2, 0.25) is 0 Å². The second-order valence-corrected chi connectivity index (χ2v) is 4.22. The van der Waals surface area contributed by atoms with Crippen LogP contribution in [0.5, 0.6) is 0 Å². The van der Waals surface area contributed by atoms with E-state index in [4.69, 9.17) is 16.7 Å². The summed E-state index contributed by atoms with van der Waals surface area (Å²) < 4.78 is 40.2. The molecule has 0 aliphatic heterocycles. The van der Waals surface area contributed by atoms with Gasteiger partial charge in [-0.1, -0.05) is 11.6 Å². The van der Waals surface area contributed by atoms with Gasteiger partial charge in [0.05, 0.1) is 5.56 Å². The van der Waals surface area contributed by atoms with Crippen LogP contribution in [-0.4, -0.2) is 11.1 Å². The van der Waals surface area contributed by atoms with Crippen molar-refractivity contribution in [3.63, 3.8) is 0 Å². The van der Waals surface area contributed by atoms with Gasteiger partial charge in [-0.2, -0.15) is 0 Å². The zero-order chi connectivity index (χ0) is 14.2. The minimum Gasteiger partial charge on any atom is -0.478 e. The summed E-state index contributed by atoms with van der Waals surface area (Å²) in [5.74, 6) is -4.73. The molecule has 98 valence electrons. The molecule has 2 aromatic rings. The number of carboxylic acids is 1. The van der Waals surface area contributed by atoms with Crippen LogP contribution in [0.25, 0.3) is 11.1 Å². The van der Waals surface area contributed by atoms with E-state index in [0.29, 0.717) is 6.07 Å². The average Bonchev–Trinajstić information content (AvgIpc) is 2.30. The van der Waals surface area contributed by atoms with Crippen molar-refractivity contribution in [2.24, 2.45) is 0 Å². The molecule has 0 saturated heterocycles. The van der Waals surface area contributed by atoms with Crippen LogP contribution in [0, 0.1) is 17.5 Å². The Morgan fingerprint density at radius 3 is 2.32 bits per heavy atom. The molecule has 2 aromatic carbocycles. The molecular weight excluding hydrogens is 281 g/mol. The van der Waals surface area contributed by atoms with E-state index in [0.717, 1.165) is 18.2 Å². The van der Waals surface area contributed by atoms with E-state index in [1.165, 1.54) is 6.07 Å². The molecule has 19 heavy (non-hydrogen) atoms. The third-order valence-electron chi connectivity index (χ3n) is 2.45. The van der Waals surface area contributed by atoms with Gasteiger partial charge in [0.25, 0.3) is 0 Å². The summed E-state index contributed by atoms with van der Waals surface area (Å²) in [4.78, 5) is 10.8. The van der Waals surface area contributed by atoms with Crippen molar-refractivity contribution < 1.29 is 23.1 Å². The van der Waals surface area contributed by atoms with E-state index >= 15 is 0 Å². The van der Waals surface area contributed by atoms with E-state index in [-0.39, 0.29) is 16.1 Å². The van der Waals surface area contributed by atoms with Gasteiger partial charge in [-0.25, -0.2) is 18.0 Å². The fourth-order valence-corrected chi connectivity index (χ4v) is 1.85. The van der Waals surface area contributed by atoms with E-state index < -0.39 is 29.0 Å². The molecule has 6 heteroatoms. The van der Waals surface area contributed by atoms with E-state index in [1.807, 2.05) is 0 Å². The zero-order valence-corrected chi connectivity index (χ0v) is 10.0. The summed E-state index contributed by atoms with van der Waals surface area (Å²) in [6, 6.07) is 4.64. The number of hydrogen-bond donors (Lipinski definition) is 1. The van der Waals surface area contributed by atoms with Crippen LogP contribution in [0.2, 0.25) is 5.02 Å². The third-order valence-corrected chi connectivity index (χ3v) is 2.67. The van der Waals surface area contributed by atoms with Gasteiger partial charge >= 0.3 is 5.97 Å². The van der Waals surface area contributed by atoms with Gasteiger partial charge < -0.3 is 5.11 Å². The maximum atomic E-state index is 13.7. The average molecular weight is 287 g/mol. The van der Waals surface area contributed by atoms with Gasteiger partial charge in [-0.05, 0) is 35.9 Å². The number of rotatable bonds is 2. The quantitative estimate of drug-likeness (QED) is 0.901. The van der Waals surface area contributed by atoms with Crippen molar-refractivity contribution in [2.75, 3.05) is 0 Å². The van der Waals surface area contributed by atoms with Crippen LogP contribution >= 0.6 is 11.6 Å². The first-order valence-corrected chi connectivity index (χ1v) is 5.45. The Bertz CT molecular complexity index is 651. The summed E-state index contributed by atoms with van der Waals surface area (Å²) in [6.45, 7) is 0. The lowest BCUT2D eigenvalue weighted by Crippen LogP contribution is -2.01. The SMILES string of the molecule is O=C(O)c1cc(F)c(F)c(-c2cc(F)cc(Cl)c2)c1. The summed E-state index contributed by atoms with van der Waals surface area (Å²) in [5, 5.41) is 8.79. The number of halogens is 4. The Hall–Kier alpha value is -2.01. The highest BCUT2D eigenvalue weighted by Gasteiger charge is 2.16. The van der Waals surface area contributed by atoms with Crippen LogP contribution in [0.4, 0.5) is 13.2 Å². The Morgan fingerprint density at radius 2 is 1.74 bits per heavy atom. The lowest BCUT2D eigenvalue weighted by Gasteiger charge is -2.07. The molecule has 2 nitrogen and oxygen atoms in total. The Labute approximate surface area is 111 Å². The van der Waals surface area contributed by atoms with Gasteiger partial charge in [0.1, 0.15) is 5.82 Å². The zero-order valence-electron chi connectivity index (χ0n) is 9.25. The molecule has 1 N–H and O–H groups in total. The minimum absolute atomic E-state index is 0.00413. The predicted octanol–water partition coefficient (Wildman–Crippen LogP) is 4.12. The molecule has 0 atom stereocenters. The van der Waals surface area contributed by atoms with E-state index in [1.54, 1.807) is 0 Å². The van der Waals surface area contributed by atoms with Crippen molar-refractivity contribution in [1.29, 1.82) is 0 Å². The number of aromatic carboxylic acids is 1. The van der Waals surface area contributed by atoms with Crippen molar-refractivity contribution in [3.8, 4) is 11.1 Å². The molecule has 0 bridgehead atoms. The molecule has 0 amide bonds. The summed E-state index contributed by atoms with van der Waals surface area (Å²) in [7, 11) is 0. The molecule has 0 aliphatic rings. The first-order chi connectivity index (χ1) is 8.88. The molecule has 2 rings (SSSR count). The van der Waals surface area contributed by atoms with Gasteiger partial charge in [-0.3, -0.25) is 0 Å². The molecule has 0 aromatic heterocycles. The lowest BCUT2D eigenvalue weighted by atomic mass is 10.0. The third kappa shape index (κ3) is 2.71. The summed E-state index contributed by atoms with van der Waals surface area (Å²) in [6.07, 6.45) is 0. The van der Waals surface area contributed by atoms with E-state index in [2.05, 4.69) is 0 Å². The number of benzene rings is 2. The summed E-state index contributed by atoms with van der Waals surface area (Å²) >= 11 is 5.62. The summed E-state index contributed by atoms with van der Waals surface area (Å²) in [5.41, 5.74) is -0.836. The molecule has 0 spiro atoms. The molecule has 0 aliphatic carbocycles. The molecule has 0 radical (unpaired) electrons. The predicted molar refractivity (Wildman–Crippen MR) is 63.7 cm³/mol. The van der Waals surface area contributed by atoms with Crippen molar-refractivity contribution in [2.45, 2.75) is 0 Å². The van der Waals surface area contributed by atoms with Gasteiger partial charge in [0, 0.05) is 10.6 Å². The Morgan fingerprint density at radius 1 is 1.05 bits per heavy atom. The van der Waals surface area contributed by atoms with Crippen molar-refractivity contribution in [3.05, 3.63) is 58.4 Å². The lowest BCUT2D eigenvalue weighted by molar-refractivity contribution is 0.0696. The van der Waals surface area contributed by atoms with Crippen LogP contribution in [0.3, 0.4) is 0 Å². The van der Waals surface area contributed by atoms with E-state index in [9.17, 15) is 18.0 Å². The first kappa shape index (κ1) is 13.4. The van der Waals surface area contributed by atoms with Gasteiger partial charge in [0.15, 0.2) is 11.6 Å². The molecule has 0 saturated carbocycles. The standard InChI is InChI=1S/C13H6ClF3O2/c14-8-1-6(2-9(15)5-8)10-3-7(13(18)19)4-11(16)12(10)17/h1-5H,(H,18,19). The number of hydrogen-bond acceptors (Lipinski definition) is 1. The fraction of sp³-hybridized carbons (Fsp3) is 0. The Kier molecular flexibility index (Phi) is 3.48. The molecule has 0 heterocycles. The Balaban J connectivity index is 2.70. The van der Waals surface area contributed by atoms with Crippen LogP contribution in [-0.2, 0) is 0 Å². The van der Waals surface area contributed by atoms with Crippen LogP contribution < -0.4 is 0 Å². The highest BCUT2D eigenvalue weighted by Crippen LogP contribution is 2.29. The second kappa shape index (κ2) is 4.93. The molecule has 0 unspecified atom stereocenters. The largest absolute Gasteiger partial charge is 0.478 e. The maximum Gasteiger partial charge on any atom is 0.335 e. The topological polar surface area (TPSA) is 37.3 Å². The number of carbonyl (C=O) groups is 1. The molecule has 0 fully saturated rings. The smallest absolute Gasteiger partial charge is 0.335 e. The highest BCUT2D eigenvalue weighted by atomic mass is 35.5.